The first-order valence-electron chi connectivity index (χ1n) is 8.62. The maximum atomic E-state index is 13.7. The van der Waals surface area contributed by atoms with Crippen LogP contribution >= 0.6 is 24.0 Å². The van der Waals surface area contributed by atoms with Gasteiger partial charge in [0, 0.05) is 32.2 Å². The van der Waals surface area contributed by atoms with Gasteiger partial charge in [0.15, 0.2) is 5.96 Å². The molecule has 0 saturated carbocycles. The summed E-state index contributed by atoms with van der Waals surface area (Å²) in [5.41, 5.74) is 0.0634. The molecule has 1 aromatic rings. The maximum Gasteiger partial charge on any atom is 0.310 e. The van der Waals surface area contributed by atoms with Crippen molar-refractivity contribution in [2.45, 2.75) is 26.2 Å². The second-order valence-corrected chi connectivity index (χ2v) is 5.96. The molecule has 0 bridgehead atoms. The first kappa shape index (κ1) is 22.6. The Kier molecular flexibility index (Phi) is 9.82. The van der Waals surface area contributed by atoms with Crippen molar-refractivity contribution in [3.63, 3.8) is 0 Å². The van der Waals surface area contributed by atoms with E-state index < -0.39 is 11.6 Å². The fourth-order valence-corrected chi connectivity index (χ4v) is 3.02. The highest BCUT2D eigenvalue weighted by Crippen LogP contribution is 2.18. The lowest BCUT2D eigenvalue weighted by atomic mass is 9.98. The third-order valence-electron chi connectivity index (χ3n) is 4.27. The topological polar surface area (TPSA) is 53.9 Å². The lowest BCUT2D eigenvalue weighted by Gasteiger charge is -2.34. The molecule has 146 valence electrons. The van der Waals surface area contributed by atoms with E-state index in [9.17, 15) is 13.6 Å². The molecule has 1 unspecified atom stereocenters. The molecule has 0 aliphatic carbocycles. The highest BCUT2D eigenvalue weighted by atomic mass is 127. The van der Waals surface area contributed by atoms with Gasteiger partial charge in [-0.25, -0.2) is 8.78 Å². The Balaban J connectivity index is 0.00000338. The highest BCUT2D eigenvalue weighted by molar-refractivity contribution is 14.0. The van der Waals surface area contributed by atoms with Crippen LogP contribution in [0.2, 0.25) is 0 Å². The van der Waals surface area contributed by atoms with Crippen LogP contribution in [0.5, 0.6) is 0 Å². The quantitative estimate of drug-likeness (QED) is 0.304. The molecule has 1 aliphatic heterocycles. The second kappa shape index (κ2) is 11.3. The summed E-state index contributed by atoms with van der Waals surface area (Å²) in [6.07, 6.45) is 1.88. The van der Waals surface area contributed by atoms with Crippen LogP contribution in [-0.4, -0.2) is 50.1 Å². The fraction of sp³-hybridized carbons (Fsp3) is 0.556. The zero-order chi connectivity index (χ0) is 18.2. The second-order valence-electron chi connectivity index (χ2n) is 5.96. The van der Waals surface area contributed by atoms with Crippen LogP contribution in [-0.2, 0) is 16.0 Å². The van der Waals surface area contributed by atoms with Crippen molar-refractivity contribution in [2.75, 3.05) is 33.3 Å². The first-order chi connectivity index (χ1) is 12.1. The summed E-state index contributed by atoms with van der Waals surface area (Å²) in [7, 11) is 1.65. The molecule has 0 amide bonds. The maximum absolute atomic E-state index is 13.7. The van der Waals surface area contributed by atoms with E-state index in [2.05, 4.69) is 10.3 Å². The number of carbonyl (C=O) groups excluding carboxylic acids is 1. The summed E-state index contributed by atoms with van der Waals surface area (Å²) >= 11 is 0. The van der Waals surface area contributed by atoms with Gasteiger partial charge in [0.1, 0.15) is 11.6 Å². The van der Waals surface area contributed by atoms with E-state index in [1.807, 2.05) is 4.90 Å². The summed E-state index contributed by atoms with van der Waals surface area (Å²) in [5.74, 6) is -0.813. The highest BCUT2D eigenvalue weighted by Gasteiger charge is 2.28. The van der Waals surface area contributed by atoms with Gasteiger partial charge < -0.3 is 15.0 Å². The summed E-state index contributed by atoms with van der Waals surface area (Å²) in [6.45, 7) is 3.83. The molecule has 8 heteroatoms. The van der Waals surface area contributed by atoms with Gasteiger partial charge in [0.25, 0.3) is 0 Å². The molecule has 0 aromatic heterocycles. The normalized spacial score (nSPS) is 17.5. The summed E-state index contributed by atoms with van der Waals surface area (Å²) in [4.78, 5) is 18.1. The Hall–Kier alpha value is -1.45. The minimum Gasteiger partial charge on any atom is -0.466 e. The SMILES string of the molecule is CCOC(=O)C1CCCN(C(=NC)NCCc2c(F)cccc2F)C1.I. The van der Waals surface area contributed by atoms with Crippen molar-refractivity contribution in [1.82, 2.24) is 10.2 Å². The number of piperidine rings is 1. The fourth-order valence-electron chi connectivity index (χ4n) is 3.02. The minimum absolute atomic E-state index is 0. The summed E-state index contributed by atoms with van der Waals surface area (Å²) in [6, 6.07) is 3.85. The molecule has 26 heavy (non-hydrogen) atoms. The van der Waals surface area contributed by atoms with Crippen LogP contribution in [0.1, 0.15) is 25.3 Å². The van der Waals surface area contributed by atoms with Crippen LogP contribution in [0.3, 0.4) is 0 Å². The van der Waals surface area contributed by atoms with Crippen molar-refractivity contribution in [1.29, 1.82) is 0 Å². The molecular formula is C18H26F2IN3O2. The molecule has 1 aliphatic rings. The van der Waals surface area contributed by atoms with E-state index in [0.29, 0.717) is 25.7 Å². The van der Waals surface area contributed by atoms with Crippen LogP contribution in [0.25, 0.3) is 0 Å². The van der Waals surface area contributed by atoms with Crippen molar-refractivity contribution in [2.24, 2.45) is 10.9 Å². The van der Waals surface area contributed by atoms with Crippen LogP contribution in [0, 0.1) is 17.6 Å². The summed E-state index contributed by atoms with van der Waals surface area (Å²) in [5, 5.41) is 3.12. The van der Waals surface area contributed by atoms with E-state index in [4.69, 9.17) is 4.74 Å². The average Bonchev–Trinajstić information content (AvgIpc) is 2.61. The predicted octanol–water partition coefficient (Wildman–Crippen LogP) is 2.98. The monoisotopic (exact) mass is 481 g/mol. The number of guanidine groups is 1. The minimum atomic E-state index is -0.544. The van der Waals surface area contributed by atoms with Gasteiger partial charge in [-0.1, -0.05) is 6.07 Å². The van der Waals surface area contributed by atoms with Gasteiger partial charge in [0.2, 0.25) is 0 Å². The van der Waals surface area contributed by atoms with Gasteiger partial charge >= 0.3 is 5.97 Å². The van der Waals surface area contributed by atoms with E-state index >= 15 is 0 Å². The number of ether oxygens (including phenoxy) is 1. The number of nitrogens with zero attached hydrogens (tertiary/aromatic N) is 2. The smallest absolute Gasteiger partial charge is 0.310 e. The summed E-state index contributed by atoms with van der Waals surface area (Å²) < 4.78 is 32.4. The molecule has 1 saturated heterocycles. The van der Waals surface area contributed by atoms with E-state index in [0.717, 1.165) is 19.4 Å². The molecule has 1 atom stereocenters. The molecular weight excluding hydrogens is 455 g/mol. The van der Waals surface area contributed by atoms with Gasteiger partial charge in [-0.05, 0) is 38.3 Å². The molecule has 1 fully saturated rings. The zero-order valence-electron chi connectivity index (χ0n) is 15.1. The van der Waals surface area contributed by atoms with Gasteiger partial charge in [-0.15, -0.1) is 24.0 Å². The molecule has 0 radical (unpaired) electrons. The van der Waals surface area contributed by atoms with E-state index in [1.165, 1.54) is 18.2 Å². The molecule has 1 aromatic carbocycles. The number of likely N-dealkylation sites (tertiary alicyclic amines) is 1. The number of aliphatic imine (C=N–C) groups is 1. The van der Waals surface area contributed by atoms with E-state index in [1.54, 1.807) is 14.0 Å². The lowest BCUT2D eigenvalue weighted by Crippen LogP contribution is -2.48. The molecule has 2 rings (SSSR count). The molecule has 1 heterocycles. The first-order valence-corrected chi connectivity index (χ1v) is 8.62. The van der Waals surface area contributed by atoms with Crippen molar-refractivity contribution < 1.29 is 18.3 Å². The molecule has 0 spiro atoms. The van der Waals surface area contributed by atoms with Crippen molar-refractivity contribution in [3.05, 3.63) is 35.4 Å². The molecule has 5 nitrogen and oxygen atoms in total. The number of nitrogens with one attached hydrogen (secondary N) is 1. The number of halogens is 3. The average molecular weight is 481 g/mol. The number of esters is 1. The molecule has 1 N–H and O–H groups in total. The number of hydrogen-bond acceptors (Lipinski definition) is 3. The Morgan fingerprint density at radius 3 is 2.69 bits per heavy atom. The van der Waals surface area contributed by atoms with Gasteiger partial charge in [-0.2, -0.15) is 0 Å². The standard InChI is InChI=1S/C18H25F2N3O2.HI/c1-3-25-17(24)13-6-5-11-23(12-13)18(21-2)22-10-9-14-15(19)7-4-8-16(14)20;/h4,7-8,13H,3,5-6,9-12H2,1-2H3,(H,21,22);1H. The Bertz CT molecular complexity index is 608. The Labute approximate surface area is 170 Å². The van der Waals surface area contributed by atoms with Crippen LogP contribution in [0.4, 0.5) is 8.78 Å². The predicted molar refractivity (Wildman–Crippen MR) is 108 cm³/mol. The Morgan fingerprint density at radius 1 is 1.38 bits per heavy atom. The number of rotatable bonds is 5. The Morgan fingerprint density at radius 2 is 2.08 bits per heavy atom. The van der Waals surface area contributed by atoms with Crippen LogP contribution < -0.4 is 5.32 Å². The third kappa shape index (κ3) is 6.07. The van der Waals surface area contributed by atoms with E-state index in [-0.39, 0.29) is 47.8 Å². The van der Waals surface area contributed by atoms with Gasteiger partial charge in [-0.3, -0.25) is 9.79 Å². The van der Waals surface area contributed by atoms with Gasteiger partial charge in [0.05, 0.1) is 12.5 Å². The van der Waals surface area contributed by atoms with Crippen molar-refractivity contribution >= 4 is 35.9 Å². The zero-order valence-corrected chi connectivity index (χ0v) is 17.5. The largest absolute Gasteiger partial charge is 0.466 e. The van der Waals surface area contributed by atoms with Crippen molar-refractivity contribution in [3.8, 4) is 0 Å². The third-order valence-corrected chi connectivity index (χ3v) is 4.27. The number of carbonyl (C=O) groups is 1. The lowest BCUT2D eigenvalue weighted by molar-refractivity contribution is -0.149. The van der Waals surface area contributed by atoms with Crippen LogP contribution in [0.15, 0.2) is 23.2 Å². The number of hydrogen-bond donors (Lipinski definition) is 1. The number of benzene rings is 1.